The summed E-state index contributed by atoms with van der Waals surface area (Å²) in [6.07, 6.45) is 3.00. The van der Waals surface area contributed by atoms with Crippen molar-refractivity contribution in [1.82, 2.24) is 30.5 Å². The number of aromatic nitrogens is 4. The van der Waals surface area contributed by atoms with Crippen LogP contribution in [-0.4, -0.2) is 85.3 Å². The highest BCUT2D eigenvalue weighted by Crippen LogP contribution is 2.43. The van der Waals surface area contributed by atoms with Crippen LogP contribution < -0.4 is 14.8 Å². The molecule has 3 atom stereocenters. The maximum absolute atomic E-state index is 9.75. The van der Waals surface area contributed by atoms with Gasteiger partial charge in [0.15, 0.2) is 0 Å². The summed E-state index contributed by atoms with van der Waals surface area (Å²) in [6, 6.07) is 23.4. The van der Waals surface area contributed by atoms with Gasteiger partial charge in [-0.05, 0) is 112 Å². The molecule has 4 aromatic carbocycles. The summed E-state index contributed by atoms with van der Waals surface area (Å²) in [6.45, 7) is 24.5. The number of nitrogens with zero attached hydrogens (tertiary/aromatic N) is 7. The Morgan fingerprint density at radius 3 is 1.81 bits per heavy atom. The normalized spacial score (nSPS) is 17.3. The van der Waals surface area contributed by atoms with Crippen molar-refractivity contribution in [2.75, 3.05) is 25.5 Å². The lowest BCUT2D eigenvalue weighted by atomic mass is 9.99. The van der Waals surface area contributed by atoms with Gasteiger partial charge in [-0.15, -0.1) is 11.6 Å². The highest BCUT2D eigenvalue weighted by atomic mass is 35.5. The molecule has 3 N–H and O–H groups in total. The molecule has 2 aliphatic carbocycles. The number of halogens is 1. The van der Waals surface area contributed by atoms with Crippen LogP contribution in [0.25, 0.3) is 55.4 Å². The van der Waals surface area contributed by atoms with Gasteiger partial charge in [-0.3, -0.25) is 4.90 Å². The van der Waals surface area contributed by atoms with Gasteiger partial charge in [0.25, 0.3) is 11.8 Å². The lowest BCUT2D eigenvalue weighted by molar-refractivity contribution is -0.0251. The van der Waals surface area contributed by atoms with Crippen molar-refractivity contribution in [1.29, 1.82) is 0 Å². The van der Waals surface area contributed by atoms with E-state index in [0.29, 0.717) is 70.0 Å². The first-order chi connectivity index (χ1) is 30.5. The van der Waals surface area contributed by atoms with Gasteiger partial charge in [-0.1, -0.05) is 46.7 Å². The number of aliphatic hydroxyl groups is 2. The third-order valence-electron chi connectivity index (χ3n) is 11.3. The Hall–Kier alpha value is -6.13. The number of likely N-dealkylation sites (tertiary alicyclic amines) is 1. The molecule has 324 valence electrons. The predicted molar refractivity (Wildman–Crippen MR) is 239 cm³/mol. The molecule has 6 aromatic rings. The highest BCUT2D eigenvalue weighted by Gasteiger charge is 2.36. The van der Waals surface area contributed by atoms with E-state index >= 15 is 0 Å². The Kier molecular flexibility index (Phi) is 13.2. The smallest absolute Gasteiger partial charge is 0.256 e. The first-order valence-corrected chi connectivity index (χ1v) is 21.7. The van der Waals surface area contributed by atoms with Crippen LogP contribution in [-0.2, 0) is 12.8 Å². The molecule has 15 heteroatoms. The number of aliphatic hydroxyl groups excluding tert-OH is 2. The first-order valence-electron chi connectivity index (χ1n) is 21.2. The Morgan fingerprint density at radius 2 is 1.30 bits per heavy atom. The van der Waals surface area contributed by atoms with Crippen LogP contribution in [0.15, 0.2) is 81.8 Å². The van der Waals surface area contributed by atoms with Gasteiger partial charge in [0.2, 0.25) is 23.0 Å². The van der Waals surface area contributed by atoms with Crippen LogP contribution in [0.2, 0.25) is 0 Å². The zero-order valence-corrected chi connectivity index (χ0v) is 36.3. The van der Waals surface area contributed by atoms with E-state index < -0.39 is 6.10 Å². The minimum absolute atomic E-state index is 0.00937. The van der Waals surface area contributed by atoms with Crippen LogP contribution >= 0.6 is 11.6 Å². The summed E-state index contributed by atoms with van der Waals surface area (Å²) in [5, 5.41) is 31.3. The average molecular weight is 869 g/mol. The van der Waals surface area contributed by atoms with Gasteiger partial charge < -0.3 is 34.0 Å². The van der Waals surface area contributed by atoms with Gasteiger partial charge in [0.05, 0.1) is 37.6 Å². The van der Waals surface area contributed by atoms with Gasteiger partial charge in [-0.25, -0.2) is 9.69 Å². The molecule has 14 nitrogen and oxygen atoms in total. The van der Waals surface area contributed by atoms with E-state index in [2.05, 4.69) is 52.3 Å². The van der Waals surface area contributed by atoms with Crippen molar-refractivity contribution in [2.24, 2.45) is 0 Å². The molecule has 1 fully saturated rings. The number of hydrogen-bond acceptors (Lipinski definition) is 12. The van der Waals surface area contributed by atoms with Gasteiger partial charge in [0, 0.05) is 59.9 Å². The number of alkyl halides is 1. The lowest BCUT2D eigenvalue weighted by Gasteiger charge is -2.40. The van der Waals surface area contributed by atoms with Gasteiger partial charge in [-0.2, -0.15) is 9.97 Å². The molecule has 2 aromatic heterocycles. The zero-order chi connectivity index (χ0) is 44.2. The summed E-state index contributed by atoms with van der Waals surface area (Å²) < 4.78 is 22.5. The minimum Gasteiger partial charge on any atom is -0.502 e. The predicted octanol–water partition coefficient (Wildman–Crippen LogP) is 9.32. The summed E-state index contributed by atoms with van der Waals surface area (Å²) in [7, 11) is 0. The molecular weight excluding hydrogens is 820 g/mol. The fourth-order valence-electron chi connectivity index (χ4n) is 8.46. The van der Waals surface area contributed by atoms with E-state index in [4.69, 9.17) is 43.3 Å². The standard InChI is InChI=1S/C24H25ClN4O3.C24H24N4O3/c1-14(2)31-22-10-7-15(11-21(22)26-3)24-28-23(29-32-24)19-6-4-5-18-17(19)8-9-20(18)27-13-16(30)12-25;1-14(2)30-22-10-7-15(11-20(22)25-3)24-26-23(27-31-24)19-6-4-5-18-17(19)8-9-21(18)28-12-16(29)13-28/h4-7,10-11,14,16,20,27,30H,8-9,12-13H2,1-2H3;4-7,10-11,14,16,21,29H,8-9,12-13H2,1-2H3/t16?,20-;21-/m11/s1. The molecule has 3 aliphatic rings. The van der Waals surface area contributed by atoms with E-state index in [1.54, 1.807) is 24.3 Å². The SMILES string of the molecule is [C-]#[N+]c1cc(-c2nc(-c3cccc4c3CC[C@H]4N3CC(O)C3)no2)ccc1OC(C)C.[C-]#[N+]c1cc(-c2nc(-c3cccc4c3CC[C@H]4NCC(O)CCl)no2)ccc1OC(C)C. The van der Waals surface area contributed by atoms with Crippen molar-refractivity contribution in [3.63, 3.8) is 0 Å². The van der Waals surface area contributed by atoms with Gasteiger partial charge in [0.1, 0.15) is 11.5 Å². The second-order valence-electron chi connectivity index (χ2n) is 16.5. The van der Waals surface area contributed by atoms with Crippen molar-refractivity contribution in [3.8, 4) is 57.2 Å². The topological polar surface area (TPSA) is 161 Å². The lowest BCUT2D eigenvalue weighted by Crippen LogP contribution is -2.51. The number of ether oxygens (including phenoxy) is 2. The summed E-state index contributed by atoms with van der Waals surface area (Å²) >= 11 is 5.71. The summed E-state index contributed by atoms with van der Waals surface area (Å²) in [5.74, 6) is 3.12. The minimum atomic E-state index is -0.568. The quantitative estimate of drug-likeness (QED) is 0.0747. The number of fused-ring (bicyclic) bond motifs is 2. The van der Waals surface area contributed by atoms with Crippen molar-refractivity contribution in [3.05, 3.63) is 118 Å². The highest BCUT2D eigenvalue weighted by molar-refractivity contribution is 6.18. The molecule has 0 spiro atoms. The fraction of sp³-hybridized carbons (Fsp3) is 0.375. The molecule has 63 heavy (non-hydrogen) atoms. The second kappa shape index (κ2) is 19.1. The number of rotatable bonds is 13. The molecule has 0 radical (unpaired) electrons. The molecule has 1 aliphatic heterocycles. The Bertz CT molecular complexity index is 2660. The summed E-state index contributed by atoms with van der Waals surface area (Å²) in [5.41, 5.74) is 9.03. The average Bonchev–Trinajstić information content (AvgIpc) is 4.11. The van der Waals surface area contributed by atoms with E-state index in [1.807, 2.05) is 64.1 Å². The van der Waals surface area contributed by atoms with Crippen LogP contribution in [0.1, 0.15) is 74.9 Å². The molecular formula is C48H49ClN8O6. The number of hydrogen-bond donors (Lipinski definition) is 3. The maximum Gasteiger partial charge on any atom is 0.256 e. The van der Waals surface area contributed by atoms with E-state index in [9.17, 15) is 10.2 Å². The van der Waals surface area contributed by atoms with Crippen LogP contribution in [0.3, 0.4) is 0 Å². The molecule has 9 rings (SSSR count). The Morgan fingerprint density at radius 1 is 0.778 bits per heavy atom. The third kappa shape index (κ3) is 9.47. The Balaban J connectivity index is 0.000000173. The zero-order valence-electron chi connectivity index (χ0n) is 35.6. The fourth-order valence-corrected chi connectivity index (χ4v) is 8.56. The third-order valence-corrected chi connectivity index (χ3v) is 11.7. The van der Waals surface area contributed by atoms with Crippen molar-refractivity contribution in [2.45, 2.75) is 89.9 Å². The molecule has 3 heterocycles. The van der Waals surface area contributed by atoms with Gasteiger partial charge >= 0.3 is 0 Å². The Labute approximate surface area is 371 Å². The number of β-amino-alcohol motifs (C(OH)–C–C–N with tert-alkyl or cyclic N) is 1. The number of benzene rings is 4. The maximum atomic E-state index is 9.75. The van der Waals surface area contributed by atoms with Crippen LogP contribution in [0, 0.1) is 13.1 Å². The van der Waals surface area contributed by atoms with Crippen LogP contribution in [0.5, 0.6) is 11.5 Å². The molecule has 0 bridgehead atoms. The first kappa shape index (κ1) is 43.5. The van der Waals surface area contributed by atoms with Crippen molar-refractivity contribution >= 4 is 23.0 Å². The molecule has 1 unspecified atom stereocenters. The second-order valence-corrected chi connectivity index (χ2v) is 16.8. The monoisotopic (exact) mass is 868 g/mol. The molecule has 0 saturated carbocycles. The summed E-state index contributed by atoms with van der Waals surface area (Å²) in [4.78, 5) is 18.7. The van der Waals surface area contributed by atoms with Crippen LogP contribution in [0.4, 0.5) is 11.4 Å². The van der Waals surface area contributed by atoms with E-state index in [0.717, 1.165) is 49.9 Å². The number of nitrogens with one attached hydrogen (secondary N) is 1. The van der Waals surface area contributed by atoms with Crippen molar-refractivity contribution < 1.29 is 28.7 Å². The largest absolute Gasteiger partial charge is 0.502 e. The van der Waals surface area contributed by atoms with E-state index in [1.165, 1.54) is 22.3 Å². The molecule has 0 amide bonds. The molecule has 1 saturated heterocycles. The van der Waals surface area contributed by atoms with E-state index in [-0.39, 0.29) is 30.2 Å².